The Balaban J connectivity index is 2.13. The van der Waals surface area contributed by atoms with E-state index in [2.05, 4.69) is 4.98 Å². The van der Waals surface area contributed by atoms with Crippen LogP contribution in [0.25, 0.3) is 11.3 Å². The molecule has 1 aliphatic rings. The monoisotopic (exact) mass is 405 g/mol. The molecular formula is C18H19N3O8. The fraction of sp³-hybridized carbons (Fsp3) is 0.389. The van der Waals surface area contributed by atoms with Crippen molar-refractivity contribution < 1.29 is 29.9 Å². The fourth-order valence-electron chi connectivity index (χ4n) is 3.15. The number of aromatic nitrogens is 2. The number of aromatic amines is 1. The molecular weight excluding hydrogens is 386 g/mol. The standard InChI is InChI=1S/C18H19N3O8/c1-28-9-4-2-8(3-5-9)12-10(6-19)16(26)21(18(27)20-12)17-15(25)14(24)13(23)11(7-22)29-17/h2-5,11,13-15,17,22-25H,7H2,1H3,(H,20,27)/t11-,13+,14+,15-,17-/m1/s1. The third-order valence-electron chi connectivity index (χ3n) is 4.75. The number of hydrogen-bond acceptors (Lipinski definition) is 9. The van der Waals surface area contributed by atoms with Crippen LogP contribution in [0.3, 0.4) is 0 Å². The Morgan fingerprint density at radius 1 is 1.17 bits per heavy atom. The smallest absolute Gasteiger partial charge is 0.331 e. The number of aliphatic hydroxyl groups excluding tert-OH is 4. The van der Waals surface area contributed by atoms with Gasteiger partial charge in [0, 0.05) is 0 Å². The molecule has 0 bridgehead atoms. The van der Waals surface area contributed by atoms with Crippen molar-refractivity contribution in [3.63, 3.8) is 0 Å². The lowest BCUT2D eigenvalue weighted by Crippen LogP contribution is -2.59. The van der Waals surface area contributed by atoms with E-state index in [1.54, 1.807) is 30.3 Å². The third-order valence-corrected chi connectivity index (χ3v) is 4.75. The minimum atomic E-state index is -1.86. The number of nitrogens with one attached hydrogen (secondary N) is 1. The molecule has 11 nitrogen and oxygen atoms in total. The Bertz CT molecular complexity index is 1040. The number of ether oxygens (including phenoxy) is 2. The molecule has 1 aromatic carbocycles. The first-order valence-corrected chi connectivity index (χ1v) is 8.57. The maximum absolute atomic E-state index is 12.9. The van der Waals surface area contributed by atoms with Gasteiger partial charge >= 0.3 is 5.69 Å². The second-order valence-electron chi connectivity index (χ2n) is 6.42. The minimum absolute atomic E-state index is 0.0361. The van der Waals surface area contributed by atoms with Gasteiger partial charge in [0.25, 0.3) is 5.56 Å². The molecule has 0 saturated carbocycles. The van der Waals surface area contributed by atoms with Crippen molar-refractivity contribution in [1.29, 1.82) is 5.26 Å². The summed E-state index contributed by atoms with van der Waals surface area (Å²) in [5.41, 5.74) is -2.16. The van der Waals surface area contributed by atoms with Gasteiger partial charge in [-0.1, -0.05) is 0 Å². The summed E-state index contributed by atoms with van der Waals surface area (Å²) in [7, 11) is 1.47. The first-order chi connectivity index (χ1) is 13.8. The quantitative estimate of drug-likeness (QED) is 0.387. The lowest BCUT2D eigenvalue weighted by Gasteiger charge is -2.40. The van der Waals surface area contributed by atoms with E-state index in [4.69, 9.17) is 9.47 Å². The molecule has 5 N–H and O–H groups in total. The van der Waals surface area contributed by atoms with Gasteiger partial charge in [0.2, 0.25) is 0 Å². The highest BCUT2D eigenvalue weighted by Gasteiger charge is 2.45. The van der Waals surface area contributed by atoms with Crippen LogP contribution in [0, 0.1) is 11.3 Å². The Morgan fingerprint density at radius 3 is 2.38 bits per heavy atom. The van der Waals surface area contributed by atoms with Gasteiger partial charge in [-0.05, 0) is 29.8 Å². The average Bonchev–Trinajstić information content (AvgIpc) is 2.73. The van der Waals surface area contributed by atoms with E-state index in [1.165, 1.54) is 7.11 Å². The van der Waals surface area contributed by atoms with Gasteiger partial charge < -0.3 is 34.9 Å². The van der Waals surface area contributed by atoms with Gasteiger partial charge in [0.1, 0.15) is 41.8 Å². The lowest BCUT2D eigenvalue weighted by atomic mass is 9.98. The largest absolute Gasteiger partial charge is 0.497 e. The second kappa shape index (κ2) is 8.16. The van der Waals surface area contributed by atoms with Crippen LogP contribution in [0.15, 0.2) is 33.9 Å². The molecule has 11 heteroatoms. The first-order valence-electron chi connectivity index (χ1n) is 8.57. The fourth-order valence-corrected chi connectivity index (χ4v) is 3.15. The SMILES string of the molecule is COc1ccc(-c2[nH]c(=O)n([C@@H]3O[C@H](CO)[C@H](O)[C@H](O)[C@H]3O)c(=O)c2C#N)cc1. The van der Waals surface area contributed by atoms with Gasteiger partial charge in [-0.3, -0.25) is 4.79 Å². The number of benzene rings is 1. The molecule has 0 amide bonds. The van der Waals surface area contributed by atoms with E-state index in [9.17, 15) is 35.3 Å². The van der Waals surface area contributed by atoms with Crippen LogP contribution in [0.2, 0.25) is 0 Å². The molecule has 1 aromatic heterocycles. The molecule has 1 aliphatic heterocycles. The second-order valence-corrected chi connectivity index (χ2v) is 6.42. The number of rotatable bonds is 4. The molecule has 1 fully saturated rings. The van der Waals surface area contributed by atoms with Crippen molar-refractivity contribution in [2.24, 2.45) is 0 Å². The van der Waals surface area contributed by atoms with Crippen LogP contribution in [0.4, 0.5) is 0 Å². The van der Waals surface area contributed by atoms with Gasteiger partial charge in [0.15, 0.2) is 6.23 Å². The summed E-state index contributed by atoms with van der Waals surface area (Å²) in [5.74, 6) is 0.532. The van der Waals surface area contributed by atoms with Crippen LogP contribution in [-0.4, -0.2) is 68.1 Å². The van der Waals surface area contributed by atoms with E-state index >= 15 is 0 Å². The van der Waals surface area contributed by atoms with E-state index in [1.807, 2.05) is 0 Å². The zero-order valence-corrected chi connectivity index (χ0v) is 15.2. The molecule has 0 radical (unpaired) electrons. The lowest BCUT2D eigenvalue weighted by molar-refractivity contribution is -0.252. The third kappa shape index (κ3) is 3.55. The maximum atomic E-state index is 12.9. The van der Waals surface area contributed by atoms with Crippen molar-refractivity contribution in [2.45, 2.75) is 30.6 Å². The zero-order valence-electron chi connectivity index (χ0n) is 15.2. The number of H-pyrrole nitrogens is 1. The molecule has 5 atom stereocenters. The van der Waals surface area contributed by atoms with Crippen molar-refractivity contribution in [3.8, 4) is 23.1 Å². The molecule has 2 aromatic rings. The van der Waals surface area contributed by atoms with E-state index in [-0.39, 0.29) is 5.69 Å². The first kappa shape index (κ1) is 20.7. The number of methoxy groups -OCH3 is 1. The molecule has 154 valence electrons. The molecule has 2 heterocycles. The van der Waals surface area contributed by atoms with Crippen LogP contribution in [0.1, 0.15) is 11.8 Å². The van der Waals surface area contributed by atoms with Crippen LogP contribution in [-0.2, 0) is 4.74 Å². The maximum Gasteiger partial charge on any atom is 0.331 e. The molecule has 0 unspecified atom stereocenters. The van der Waals surface area contributed by atoms with Gasteiger partial charge in [-0.15, -0.1) is 0 Å². The molecule has 29 heavy (non-hydrogen) atoms. The van der Waals surface area contributed by atoms with Crippen molar-refractivity contribution in [3.05, 3.63) is 50.7 Å². The summed E-state index contributed by atoms with van der Waals surface area (Å²) in [6, 6.07) is 7.98. The summed E-state index contributed by atoms with van der Waals surface area (Å²) in [5, 5.41) is 48.8. The van der Waals surface area contributed by atoms with E-state index in [0.29, 0.717) is 15.9 Å². The summed E-state index contributed by atoms with van der Waals surface area (Å²) < 4.78 is 10.7. The van der Waals surface area contributed by atoms with Gasteiger partial charge in [-0.25, -0.2) is 9.36 Å². The van der Waals surface area contributed by atoms with Gasteiger partial charge in [0.05, 0.1) is 19.4 Å². The predicted molar refractivity (Wildman–Crippen MR) is 97.0 cm³/mol. The number of aliphatic hydroxyl groups is 4. The number of hydrogen-bond donors (Lipinski definition) is 5. The Labute approximate surface area is 163 Å². The average molecular weight is 405 g/mol. The summed E-state index contributed by atoms with van der Waals surface area (Å²) in [6.07, 6.45) is -8.35. The van der Waals surface area contributed by atoms with Crippen LogP contribution >= 0.6 is 0 Å². The van der Waals surface area contributed by atoms with E-state index in [0.717, 1.165) is 0 Å². The molecule has 0 aliphatic carbocycles. The molecule has 1 saturated heterocycles. The summed E-state index contributed by atoms with van der Waals surface area (Å²) in [6.45, 7) is -0.733. The summed E-state index contributed by atoms with van der Waals surface area (Å²) in [4.78, 5) is 27.9. The van der Waals surface area contributed by atoms with Crippen LogP contribution < -0.4 is 16.0 Å². The zero-order chi connectivity index (χ0) is 21.3. The Kier molecular flexibility index (Phi) is 5.83. The van der Waals surface area contributed by atoms with E-state index < -0.39 is 54.1 Å². The van der Waals surface area contributed by atoms with Crippen LogP contribution in [0.5, 0.6) is 5.75 Å². The topological polar surface area (TPSA) is 178 Å². The predicted octanol–water partition coefficient (Wildman–Crippen LogP) is -1.94. The van der Waals surface area contributed by atoms with Crippen molar-refractivity contribution in [1.82, 2.24) is 9.55 Å². The number of nitrogens with zero attached hydrogens (tertiary/aromatic N) is 2. The van der Waals surface area contributed by atoms with Crippen molar-refractivity contribution >= 4 is 0 Å². The van der Waals surface area contributed by atoms with Gasteiger partial charge in [-0.2, -0.15) is 5.26 Å². The normalized spacial score (nSPS) is 26.7. The summed E-state index contributed by atoms with van der Waals surface area (Å²) >= 11 is 0. The molecule has 3 rings (SSSR count). The highest BCUT2D eigenvalue weighted by Crippen LogP contribution is 2.27. The van der Waals surface area contributed by atoms with Crippen molar-refractivity contribution in [2.75, 3.05) is 13.7 Å². The highest BCUT2D eigenvalue weighted by atomic mass is 16.6. The minimum Gasteiger partial charge on any atom is -0.497 e. The number of nitriles is 1. The molecule has 0 spiro atoms. The Morgan fingerprint density at radius 2 is 1.83 bits per heavy atom. The highest BCUT2D eigenvalue weighted by molar-refractivity contribution is 5.66. The Hall–Kier alpha value is -3.01.